The van der Waals surface area contributed by atoms with Crippen molar-refractivity contribution in [2.24, 2.45) is 0 Å². The van der Waals surface area contributed by atoms with Crippen molar-refractivity contribution in [2.45, 2.75) is 0 Å². The van der Waals surface area contributed by atoms with Crippen LogP contribution in [-0.4, -0.2) is 17.0 Å². The first-order valence-electron chi connectivity index (χ1n) is 7.04. The summed E-state index contributed by atoms with van der Waals surface area (Å²) in [4.78, 5) is 8.80. The summed E-state index contributed by atoms with van der Waals surface area (Å²) in [5, 5.41) is 12.5. The van der Waals surface area contributed by atoms with E-state index in [4.69, 9.17) is 0 Å². The van der Waals surface area contributed by atoms with Crippen LogP contribution in [0.1, 0.15) is 5.56 Å². The number of nitriles is 1. The fourth-order valence-electron chi connectivity index (χ4n) is 2.30. The van der Waals surface area contributed by atoms with Gasteiger partial charge in [0, 0.05) is 18.2 Å². The van der Waals surface area contributed by atoms with E-state index in [1.807, 2.05) is 30.3 Å². The average molecular weight is 304 g/mol. The Labute approximate surface area is 133 Å². The van der Waals surface area contributed by atoms with Crippen molar-refractivity contribution in [3.05, 3.63) is 66.0 Å². The van der Waals surface area contributed by atoms with Gasteiger partial charge in [-0.1, -0.05) is 30.3 Å². The standard InChI is InChI=1S/C18H13FN4/c1-21-18-22-16(12-5-3-2-4-6-12)15(11-20)17(23-18)13-7-9-14(19)10-8-13/h2-10H,1H3,(H,21,22,23). The number of aromatic nitrogens is 2. The number of rotatable bonds is 3. The summed E-state index contributed by atoms with van der Waals surface area (Å²) in [5.41, 5.74) is 2.88. The van der Waals surface area contributed by atoms with Crippen LogP contribution in [-0.2, 0) is 0 Å². The average Bonchev–Trinajstić information content (AvgIpc) is 2.62. The Morgan fingerprint density at radius 1 is 0.913 bits per heavy atom. The number of hydrogen-bond acceptors (Lipinski definition) is 4. The van der Waals surface area contributed by atoms with Crippen LogP contribution in [0.3, 0.4) is 0 Å². The minimum atomic E-state index is -0.335. The van der Waals surface area contributed by atoms with E-state index in [1.54, 1.807) is 19.2 Å². The fourth-order valence-corrected chi connectivity index (χ4v) is 2.30. The molecule has 2 aromatic carbocycles. The van der Waals surface area contributed by atoms with Gasteiger partial charge in [0.05, 0.1) is 11.4 Å². The summed E-state index contributed by atoms with van der Waals surface area (Å²) in [5.74, 6) is 0.0700. The molecule has 0 aliphatic rings. The molecule has 4 nitrogen and oxygen atoms in total. The second-order valence-electron chi connectivity index (χ2n) is 4.85. The molecule has 0 aliphatic carbocycles. The molecule has 3 aromatic rings. The normalized spacial score (nSPS) is 10.1. The number of hydrogen-bond donors (Lipinski definition) is 1. The third-order valence-electron chi connectivity index (χ3n) is 3.41. The highest BCUT2D eigenvalue weighted by molar-refractivity contribution is 5.78. The molecule has 112 valence electrons. The van der Waals surface area contributed by atoms with E-state index in [0.717, 1.165) is 5.56 Å². The summed E-state index contributed by atoms with van der Waals surface area (Å²) in [7, 11) is 1.71. The van der Waals surface area contributed by atoms with E-state index >= 15 is 0 Å². The van der Waals surface area contributed by atoms with Crippen LogP contribution < -0.4 is 5.32 Å². The predicted molar refractivity (Wildman–Crippen MR) is 87.1 cm³/mol. The highest BCUT2D eigenvalue weighted by Gasteiger charge is 2.17. The van der Waals surface area contributed by atoms with Gasteiger partial charge in [-0.2, -0.15) is 5.26 Å². The van der Waals surface area contributed by atoms with Gasteiger partial charge in [-0.15, -0.1) is 0 Å². The van der Waals surface area contributed by atoms with Gasteiger partial charge < -0.3 is 5.32 Å². The fraction of sp³-hybridized carbons (Fsp3) is 0.0556. The number of nitrogens with zero attached hydrogens (tertiary/aromatic N) is 3. The minimum Gasteiger partial charge on any atom is -0.357 e. The van der Waals surface area contributed by atoms with Crippen LogP contribution in [0.15, 0.2) is 54.6 Å². The van der Waals surface area contributed by atoms with Gasteiger partial charge in [-0.3, -0.25) is 0 Å². The molecule has 0 radical (unpaired) electrons. The van der Waals surface area contributed by atoms with E-state index in [9.17, 15) is 9.65 Å². The van der Waals surface area contributed by atoms with Crippen molar-refractivity contribution in [1.29, 1.82) is 5.26 Å². The lowest BCUT2D eigenvalue weighted by Crippen LogP contribution is -2.03. The molecule has 0 unspecified atom stereocenters. The minimum absolute atomic E-state index is 0.335. The van der Waals surface area contributed by atoms with E-state index in [1.165, 1.54) is 12.1 Å². The Bertz CT molecular complexity index is 868. The zero-order valence-corrected chi connectivity index (χ0v) is 12.4. The maximum atomic E-state index is 13.2. The molecule has 0 bridgehead atoms. The first-order chi connectivity index (χ1) is 11.2. The van der Waals surface area contributed by atoms with Crippen molar-refractivity contribution in [3.63, 3.8) is 0 Å². The predicted octanol–water partition coefficient (Wildman–Crippen LogP) is 3.86. The second-order valence-corrected chi connectivity index (χ2v) is 4.85. The summed E-state index contributed by atoms with van der Waals surface area (Å²) < 4.78 is 13.2. The lowest BCUT2D eigenvalue weighted by atomic mass is 10.0. The lowest BCUT2D eigenvalue weighted by molar-refractivity contribution is 0.628. The molecular weight excluding hydrogens is 291 g/mol. The molecule has 1 aromatic heterocycles. The smallest absolute Gasteiger partial charge is 0.223 e. The molecule has 1 N–H and O–H groups in total. The van der Waals surface area contributed by atoms with Crippen molar-refractivity contribution in [1.82, 2.24) is 9.97 Å². The Balaban J connectivity index is 2.28. The van der Waals surface area contributed by atoms with E-state index in [2.05, 4.69) is 21.4 Å². The zero-order valence-electron chi connectivity index (χ0n) is 12.4. The maximum absolute atomic E-state index is 13.2. The van der Waals surface area contributed by atoms with Crippen LogP contribution in [0.5, 0.6) is 0 Å². The molecule has 0 saturated carbocycles. The Hall–Kier alpha value is -3.26. The number of nitrogens with one attached hydrogen (secondary N) is 1. The molecule has 0 saturated heterocycles. The largest absolute Gasteiger partial charge is 0.357 e. The first-order valence-corrected chi connectivity index (χ1v) is 7.04. The van der Waals surface area contributed by atoms with Gasteiger partial charge in [0.15, 0.2) is 0 Å². The van der Waals surface area contributed by atoms with Gasteiger partial charge in [0.25, 0.3) is 0 Å². The second kappa shape index (κ2) is 6.24. The summed E-state index contributed by atoms with van der Waals surface area (Å²) in [6, 6.07) is 17.5. The van der Waals surface area contributed by atoms with E-state index in [0.29, 0.717) is 28.5 Å². The molecule has 0 spiro atoms. The number of halogens is 1. The maximum Gasteiger partial charge on any atom is 0.223 e. The van der Waals surface area contributed by atoms with Gasteiger partial charge in [-0.25, -0.2) is 14.4 Å². The third-order valence-corrected chi connectivity index (χ3v) is 3.41. The van der Waals surface area contributed by atoms with Crippen molar-refractivity contribution in [3.8, 4) is 28.6 Å². The first kappa shape index (κ1) is 14.7. The Morgan fingerprint density at radius 3 is 2.00 bits per heavy atom. The highest BCUT2D eigenvalue weighted by atomic mass is 19.1. The van der Waals surface area contributed by atoms with Crippen molar-refractivity contribution in [2.75, 3.05) is 12.4 Å². The van der Waals surface area contributed by atoms with Gasteiger partial charge in [0.1, 0.15) is 17.4 Å². The highest BCUT2D eigenvalue weighted by Crippen LogP contribution is 2.30. The van der Waals surface area contributed by atoms with Crippen molar-refractivity contribution < 1.29 is 4.39 Å². The summed E-state index contributed by atoms with van der Waals surface area (Å²) in [6.07, 6.45) is 0. The number of anilines is 1. The van der Waals surface area contributed by atoms with Crippen LogP contribution in [0.25, 0.3) is 22.5 Å². The van der Waals surface area contributed by atoms with Crippen LogP contribution in [0, 0.1) is 17.1 Å². The van der Waals surface area contributed by atoms with Gasteiger partial charge in [-0.05, 0) is 24.3 Å². The van der Waals surface area contributed by atoms with Crippen molar-refractivity contribution >= 4 is 5.95 Å². The molecule has 0 atom stereocenters. The molecule has 0 fully saturated rings. The molecule has 3 rings (SSSR count). The Kier molecular flexibility index (Phi) is 3.98. The molecule has 0 aliphatic heterocycles. The topological polar surface area (TPSA) is 61.6 Å². The summed E-state index contributed by atoms with van der Waals surface area (Å²) >= 11 is 0. The molecule has 1 heterocycles. The van der Waals surface area contributed by atoms with Crippen LogP contribution in [0.4, 0.5) is 10.3 Å². The van der Waals surface area contributed by atoms with Gasteiger partial charge >= 0.3 is 0 Å². The van der Waals surface area contributed by atoms with Crippen LogP contribution in [0.2, 0.25) is 0 Å². The van der Waals surface area contributed by atoms with E-state index < -0.39 is 0 Å². The molecule has 5 heteroatoms. The number of benzene rings is 2. The van der Waals surface area contributed by atoms with E-state index in [-0.39, 0.29) is 5.82 Å². The molecule has 23 heavy (non-hydrogen) atoms. The molecular formula is C18H13FN4. The quantitative estimate of drug-likeness (QED) is 0.798. The Morgan fingerprint density at radius 2 is 1.48 bits per heavy atom. The third kappa shape index (κ3) is 2.87. The summed E-state index contributed by atoms with van der Waals surface area (Å²) in [6.45, 7) is 0. The SMILES string of the molecule is CNc1nc(-c2ccccc2)c(C#N)c(-c2ccc(F)cc2)n1. The monoisotopic (exact) mass is 304 g/mol. The van der Waals surface area contributed by atoms with Crippen LogP contribution >= 0.6 is 0 Å². The van der Waals surface area contributed by atoms with Gasteiger partial charge in [0.2, 0.25) is 5.95 Å². The molecule has 0 amide bonds. The lowest BCUT2D eigenvalue weighted by Gasteiger charge is -2.11. The zero-order chi connectivity index (χ0) is 16.2.